The molecule has 2 N–H and O–H groups in total. The molecule has 0 aliphatic carbocycles. The van der Waals surface area contributed by atoms with E-state index in [1.165, 1.54) is 11.0 Å². The summed E-state index contributed by atoms with van der Waals surface area (Å²) in [4.78, 5) is 24.9. The van der Waals surface area contributed by atoms with Crippen molar-refractivity contribution < 1.29 is 23.6 Å². The Bertz CT molecular complexity index is 805. The second kappa shape index (κ2) is 6.92. The van der Waals surface area contributed by atoms with E-state index in [0.29, 0.717) is 24.9 Å². The van der Waals surface area contributed by atoms with Crippen LogP contribution in [0.5, 0.6) is 0 Å². The predicted octanol–water partition coefficient (Wildman–Crippen LogP) is 3.12. The number of rotatable bonds is 3. The van der Waals surface area contributed by atoms with Crippen molar-refractivity contribution in [1.29, 1.82) is 0 Å². The van der Waals surface area contributed by atoms with Crippen LogP contribution in [-0.4, -0.2) is 40.3 Å². The quantitative estimate of drug-likeness (QED) is 0.889. The van der Waals surface area contributed by atoms with E-state index in [-0.39, 0.29) is 23.7 Å². The topological polar surface area (TPSA) is 95.7 Å². The van der Waals surface area contributed by atoms with Gasteiger partial charge in [0.25, 0.3) is 0 Å². The zero-order valence-electron chi connectivity index (χ0n) is 13.7. The number of nitrogens with zero attached hydrogens (tertiary/aromatic N) is 2. The van der Waals surface area contributed by atoms with Crippen molar-refractivity contribution >= 4 is 17.8 Å². The molecule has 0 spiro atoms. The maximum absolute atomic E-state index is 13.9. The Balaban J connectivity index is 1.75. The molecule has 2 aromatic rings. The standard InChI is InChI=1S/C17H18FN3O4/c1-10-14(12-6-2-3-7-13(12)18)25-20-15(10)19-17(24)21-8-4-5-11(9-21)16(22)23/h2-3,6-7,11H,4-5,8-9H2,1H3,(H,22,23)(H,19,20,24). The summed E-state index contributed by atoms with van der Waals surface area (Å²) in [5.74, 6) is -1.47. The lowest BCUT2D eigenvalue weighted by atomic mass is 9.99. The molecule has 1 atom stereocenters. The van der Waals surface area contributed by atoms with Gasteiger partial charge in [-0.3, -0.25) is 10.1 Å². The first kappa shape index (κ1) is 16.9. The summed E-state index contributed by atoms with van der Waals surface area (Å²) < 4.78 is 19.1. The van der Waals surface area contributed by atoms with Gasteiger partial charge in [0.2, 0.25) is 0 Å². The predicted molar refractivity (Wildman–Crippen MR) is 87.6 cm³/mol. The highest BCUT2D eigenvalue weighted by molar-refractivity contribution is 5.90. The number of carbonyl (C=O) groups excluding carboxylic acids is 1. The third-order valence-corrected chi connectivity index (χ3v) is 4.33. The summed E-state index contributed by atoms with van der Waals surface area (Å²) in [7, 11) is 0. The van der Waals surface area contributed by atoms with Crippen molar-refractivity contribution in [3.05, 3.63) is 35.6 Å². The summed E-state index contributed by atoms with van der Waals surface area (Å²) in [6.45, 7) is 2.30. The van der Waals surface area contributed by atoms with Gasteiger partial charge in [-0.15, -0.1) is 0 Å². The first-order valence-electron chi connectivity index (χ1n) is 7.97. The fourth-order valence-corrected chi connectivity index (χ4v) is 2.89. The van der Waals surface area contributed by atoms with Gasteiger partial charge in [0.05, 0.1) is 11.5 Å². The number of nitrogens with one attached hydrogen (secondary N) is 1. The van der Waals surface area contributed by atoms with Crippen LogP contribution in [0.25, 0.3) is 11.3 Å². The molecule has 0 radical (unpaired) electrons. The van der Waals surface area contributed by atoms with Crippen molar-refractivity contribution in [3.63, 3.8) is 0 Å². The summed E-state index contributed by atoms with van der Waals surface area (Å²) in [6, 6.07) is 5.69. The van der Waals surface area contributed by atoms with Crippen LogP contribution in [-0.2, 0) is 4.79 Å². The zero-order valence-corrected chi connectivity index (χ0v) is 13.7. The fourth-order valence-electron chi connectivity index (χ4n) is 2.89. The molecule has 1 aliphatic heterocycles. The number of hydrogen-bond donors (Lipinski definition) is 2. The van der Waals surface area contributed by atoms with Gasteiger partial charge >= 0.3 is 12.0 Å². The van der Waals surface area contributed by atoms with Gasteiger partial charge in [0, 0.05) is 18.7 Å². The highest BCUT2D eigenvalue weighted by Gasteiger charge is 2.29. The summed E-state index contributed by atoms with van der Waals surface area (Å²) >= 11 is 0. The third-order valence-electron chi connectivity index (χ3n) is 4.33. The van der Waals surface area contributed by atoms with E-state index in [0.717, 1.165) is 0 Å². The number of likely N-dealkylation sites (tertiary alicyclic amines) is 1. The molecule has 1 aliphatic rings. The lowest BCUT2D eigenvalue weighted by Crippen LogP contribution is -2.44. The molecule has 1 aromatic heterocycles. The molecule has 2 heterocycles. The Morgan fingerprint density at radius 3 is 2.88 bits per heavy atom. The van der Waals surface area contributed by atoms with Crippen LogP contribution in [0.2, 0.25) is 0 Å². The number of urea groups is 1. The number of carbonyl (C=O) groups is 2. The van der Waals surface area contributed by atoms with Crippen LogP contribution in [0, 0.1) is 18.7 Å². The molecule has 0 saturated carbocycles. The third kappa shape index (κ3) is 3.47. The highest BCUT2D eigenvalue weighted by Crippen LogP contribution is 2.30. The van der Waals surface area contributed by atoms with Crippen molar-refractivity contribution in [3.8, 4) is 11.3 Å². The summed E-state index contributed by atoms with van der Waals surface area (Å²) in [6.07, 6.45) is 1.18. The number of aromatic nitrogens is 1. The molecule has 1 unspecified atom stereocenters. The largest absolute Gasteiger partial charge is 0.481 e. The van der Waals surface area contributed by atoms with Crippen LogP contribution >= 0.6 is 0 Å². The van der Waals surface area contributed by atoms with Crippen LogP contribution in [0.4, 0.5) is 15.0 Å². The average molecular weight is 347 g/mol. The maximum Gasteiger partial charge on any atom is 0.323 e. The summed E-state index contributed by atoms with van der Waals surface area (Å²) in [5.41, 5.74) is 0.766. The minimum atomic E-state index is -0.906. The molecule has 1 aromatic carbocycles. The Hall–Kier alpha value is -2.90. The molecule has 1 saturated heterocycles. The molecule has 132 valence electrons. The van der Waals surface area contributed by atoms with Crippen LogP contribution in [0.3, 0.4) is 0 Å². The van der Waals surface area contributed by atoms with E-state index in [2.05, 4.69) is 10.5 Å². The molecule has 0 bridgehead atoms. The van der Waals surface area contributed by atoms with Crippen LogP contribution < -0.4 is 5.32 Å². The number of anilines is 1. The minimum Gasteiger partial charge on any atom is -0.481 e. The second-order valence-corrected chi connectivity index (χ2v) is 6.02. The first-order chi connectivity index (χ1) is 12.0. The Morgan fingerprint density at radius 2 is 2.16 bits per heavy atom. The number of carboxylic acids is 1. The smallest absolute Gasteiger partial charge is 0.323 e. The van der Waals surface area contributed by atoms with Gasteiger partial charge in [-0.2, -0.15) is 0 Å². The van der Waals surface area contributed by atoms with E-state index in [1.807, 2.05) is 0 Å². The molecule has 7 nitrogen and oxygen atoms in total. The number of carboxylic acid groups (broad SMARTS) is 1. The van der Waals surface area contributed by atoms with Gasteiger partial charge in [0.1, 0.15) is 5.82 Å². The van der Waals surface area contributed by atoms with Gasteiger partial charge in [0.15, 0.2) is 11.6 Å². The highest BCUT2D eigenvalue weighted by atomic mass is 19.1. The van der Waals surface area contributed by atoms with Crippen LogP contribution in [0.15, 0.2) is 28.8 Å². The first-order valence-corrected chi connectivity index (χ1v) is 7.97. The van der Waals surface area contributed by atoms with Gasteiger partial charge in [-0.05, 0) is 31.9 Å². The number of benzene rings is 1. The Morgan fingerprint density at radius 1 is 1.40 bits per heavy atom. The lowest BCUT2D eigenvalue weighted by Gasteiger charge is -2.30. The van der Waals surface area contributed by atoms with Crippen molar-refractivity contribution in [2.75, 3.05) is 18.4 Å². The van der Waals surface area contributed by atoms with Crippen molar-refractivity contribution in [2.45, 2.75) is 19.8 Å². The zero-order chi connectivity index (χ0) is 18.0. The van der Waals surface area contributed by atoms with E-state index in [4.69, 9.17) is 9.63 Å². The summed E-state index contributed by atoms with van der Waals surface area (Å²) in [5, 5.41) is 15.5. The number of hydrogen-bond acceptors (Lipinski definition) is 4. The average Bonchev–Trinajstić information content (AvgIpc) is 2.96. The molecule has 1 fully saturated rings. The number of piperidine rings is 1. The van der Waals surface area contributed by atoms with Gasteiger partial charge in [-0.25, -0.2) is 9.18 Å². The lowest BCUT2D eigenvalue weighted by molar-refractivity contribution is -0.143. The molecule has 2 amide bonds. The molecular weight excluding hydrogens is 329 g/mol. The van der Waals surface area contributed by atoms with E-state index >= 15 is 0 Å². The maximum atomic E-state index is 13.9. The number of amides is 2. The molecule has 8 heteroatoms. The van der Waals surface area contributed by atoms with Gasteiger partial charge in [-0.1, -0.05) is 17.3 Å². The normalized spacial score (nSPS) is 17.4. The van der Waals surface area contributed by atoms with E-state index < -0.39 is 23.7 Å². The monoisotopic (exact) mass is 347 g/mol. The number of aliphatic carboxylic acids is 1. The van der Waals surface area contributed by atoms with Crippen molar-refractivity contribution in [2.24, 2.45) is 5.92 Å². The van der Waals surface area contributed by atoms with Gasteiger partial charge < -0.3 is 14.5 Å². The molecule has 3 rings (SSSR count). The Kier molecular flexibility index (Phi) is 4.69. The van der Waals surface area contributed by atoms with E-state index in [9.17, 15) is 14.0 Å². The Labute approximate surface area is 143 Å². The number of halogens is 1. The molecular formula is C17H18FN3O4. The SMILES string of the molecule is Cc1c(NC(=O)N2CCCC(C(=O)O)C2)noc1-c1ccccc1F. The van der Waals surface area contributed by atoms with Crippen molar-refractivity contribution in [1.82, 2.24) is 10.1 Å². The molecule has 25 heavy (non-hydrogen) atoms. The second-order valence-electron chi connectivity index (χ2n) is 6.02. The fraction of sp³-hybridized carbons (Fsp3) is 0.353. The minimum absolute atomic E-state index is 0.151. The van der Waals surface area contributed by atoms with Crippen LogP contribution in [0.1, 0.15) is 18.4 Å². The van der Waals surface area contributed by atoms with E-state index in [1.54, 1.807) is 25.1 Å².